The Morgan fingerprint density at radius 3 is 2.68 bits per heavy atom. The molecule has 0 atom stereocenters. The summed E-state index contributed by atoms with van der Waals surface area (Å²) in [5, 5.41) is 3.97. The fourth-order valence-corrected chi connectivity index (χ4v) is 3.75. The van der Waals surface area contributed by atoms with Crippen molar-refractivity contribution in [1.82, 2.24) is 4.98 Å². The van der Waals surface area contributed by atoms with Gasteiger partial charge < -0.3 is 10.1 Å². The van der Waals surface area contributed by atoms with E-state index in [4.69, 9.17) is 4.74 Å². The van der Waals surface area contributed by atoms with E-state index in [0.29, 0.717) is 22.3 Å². The summed E-state index contributed by atoms with van der Waals surface area (Å²) in [5.41, 5.74) is 3.57. The lowest BCUT2D eigenvalue weighted by Crippen LogP contribution is -2.03. The van der Waals surface area contributed by atoms with Gasteiger partial charge in [0.05, 0.1) is 12.3 Å². The number of thiazole rings is 1. The molecule has 0 saturated heterocycles. The van der Waals surface area contributed by atoms with Crippen LogP contribution in [0.1, 0.15) is 22.2 Å². The molecule has 0 aliphatic rings. The molecular weight excluding hydrogens is 400 g/mol. The number of esters is 1. The molecule has 25 heavy (non-hydrogen) atoms. The summed E-state index contributed by atoms with van der Waals surface area (Å²) in [6.07, 6.45) is 0. The average Bonchev–Trinajstić information content (AvgIpc) is 3.02. The van der Waals surface area contributed by atoms with Gasteiger partial charge in [0.1, 0.15) is 4.88 Å². The lowest BCUT2D eigenvalue weighted by atomic mass is 10.1. The van der Waals surface area contributed by atoms with Crippen LogP contribution in [0.25, 0.3) is 11.3 Å². The smallest absolute Gasteiger partial charge is 0.350 e. The van der Waals surface area contributed by atoms with Gasteiger partial charge >= 0.3 is 5.97 Å². The number of benzene rings is 2. The second kappa shape index (κ2) is 7.80. The number of ether oxygens (including phenoxy) is 1. The van der Waals surface area contributed by atoms with Crippen LogP contribution in [0.3, 0.4) is 0 Å². The first kappa shape index (κ1) is 17.6. The molecule has 0 amide bonds. The molecule has 2 aromatic carbocycles. The maximum absolute atomic E-state index is 12.3. The van der Waals surface area contributed by atoms with Crippen LogP contribution in [0.5, 0.6) is 0 Å². The third-order valence-electron chi connectivity index (χ3n) is 3.57. The highest BCUT2D eigenvalue weighted by molar-refractivity contribution is 9.10. The third kappa shape index (κ3) is 4.08. The summed E-state index contributed by atoms with van der Waals surface area (Å²) in [6, 6.07) is 15.6. The van der Waals surface area contributed by atoms with E-state index in [0.717, 1.165) is 21.3 Å². The zero-order chi connectivity index (χ0) is 17.8. The van der Waals surface area contributed by atoms with Crippen molar-refractivity contribution in [3.05, 3.63) is 63.4 Å². The molecule has 1 heterocycles. The fourth-order valence-electron chi connectivity index (χ4n) is 2.38. The van der Waals surface area contributed by atoms with Crippen LogP contribution in [0.4, 0.5) is 10.8 Å². The molecule has 0 aliphatic heterocycles. The number of halogens is 1. The average molecular weight is 417 g/mol. The van der Waals surface area contributed by atoms with Gasteiger partial charge in [-0.25, -0.2) is 9.78 Å². The Kier molecular flexibility index (Phi) is 5.50. The van der Waals surface area contributed by atoms with Gasteiger partial charge in [-0.2, -0.15) is 0 Å². The molecule has 0 aliphatic carbocycles. The van der Waals surface area contributed by atoms with Crippen molar-refractivity contribution < 1.29 is 9.53 Å². The highest BCUT2D eigenvalue weighted by atomic mass is 79.9. The highest BCUT2D eigenvalue weighted by Gasteiger charge is 2.20. The standard InChI is InChI=1S/C19H17BrN2O2S/c1-3-24-18(23)17-16(13-7-5-4-6-8-13)22-19(25-17)21-15-10-9-14(20)11-12(15)2/h4-11H,3H2,1-2H3,(H,21,22). The van der Waals surface area contributed by atoms with E-state index < -0.39 is 0 Å². The zero-order valence-corrected chi connectivity index (χ0v) is 16.3. The molecule has 0 spiro atoms. The number of rotatable bonds is 5. The van der Waals surface area contributed by atoms with E-state index in [1.54, 1.807) is 6.92 Å². The fraction of sp³-hybridized carbons (Fsp3) is 0.158. The normalized spacial score (nSPS) is 10.5. The number of aromatic nitrogens is 1. The monoisotopic (exact) mass is 416 g/mol. The maximum Gasteiger partial charge on any atom is 0.350 e. The van der Waals surface area contributed by atoms with Crippen LogP contribution in [0.15, 0.2) is 53.0 Å². The number of hydrogen-bond donors (Lipinski definition) is 1. The predicted molar refractivity (Wildman–Crippen MR) is 106 cm³/mol. The summed E-state index contributed by atoms with van der Waals surface area (Å²) >= 11 is 4.76. The van der Waals surface area contributed by atoms with E-state index in [-0.39, 0.29) is 5.97 Å². The van der Waals surface area contributed by atoms with Gasteiger partial charge in [-0.05, 0) is 37.6 Å². The SMILES string of the molecule is CCOC(=O)c1sc(Nc2ccc(Br)cc2C)nc1-c1ccccc1. The van der Waals surface area contributed by atoms with Gasteiger partial charge in [-0.3, -0.25) is 0 Å². The van der Waals surface area contributed by atoms with Crippen molar-refractivity contribution in [1.29, 1.82) is 0 Å². The molecule has 0 fully saturated rings. The Morgan fingerprint density at radius 2 is 2.00 bits per heavy atom. The highest BCUT2D eigenvalue weighted by Crippen LogP contribution is 2.34. The van der Waals surface area contributed by atoms with Crippen LogP contribution in [-0.2, 0) is 4.74 Å². The van der Waals surface area contributed by atoms with Gasteiger partial charge in [0.2, 0.25) is 0 Å². The summed E-state index contributed by atoms with van der Waals surface area (Å²) in [5.74, 6) is -0.348. The van der Waals surface area contributed by atoms with Crippen molar-refractivity contribution in [3.8, 4) is 11.3 Å². The second-order valence-electron chi connectivity index (χ2n) is 5.37. The second-order valence-corrected chi connectivity index (χ2v) is 7.28. The lowest BCUT2D eigenvalue weighted by Gasteiger charge is -2.06. The maximum atomic E-state index is 12.3. The number of anilines is 2. The molecule has 3 rings (SSSR count). The minimum absolute atomic E-state index is 0.333. The van der Waals surface area contributed by atoms with Crippen molar-refractivity contribution in [3.63, 3.8) is 0 Å². The Balaban J connectivity index is 1.99. The van der Waals surface area contributed by atoms with Crippen molar-refractivity contribution in [2.45, 2.75) is 13.8 Å². The van der Waals surface area contributed by atoms with E-state index in [1.165, 1.54) is 11.3 Å². The lowest BCUT2D eigenvalue weighted by molar-refractivity contribution is 0.0532. The number of carbonyl (C=O) groups is 1. The first-order chi connectivity index (χ1) is 12.1. The summed E-state index contributed by atoms with van der Waals surface area (Å²) < 4.78 is 6.21. The number of nitrogens with zero attached hydrogens (tertiary/aromatic N) is 1. The van der Waals surface area contributed by atoms with Crippen LogP contribution in [0, 0.1) is 6.92 Å². The molecule has 3 aromatic rings. The predicted octanol–water partition coefficient (Wildman–Crippen LogP) is 5.80. The number of aryl methyl sites for hydroxylation is 1. The minimum Gasteiger partial charge on any atom is -0.462 e. The van der Waals surface area contributed by atoms with Gasteiger partial charge in [-0.15, -0.1) is 0 Å². The molecule has 1 N–H and O–H groups in total. The molecule has 1 aromatic heterocycles. The van der Waals surface area contributed by atoms with Gasteiger partial charge in [0, 0.05) is 15.7 Å². The number of hydrogen-bond acceptors (Lipinski definition) is 5. The van der Waals surface area contributed by atoms with Crippen molar-refractivity contribution in [2.75, 3.05) is 11.9 Å². The van der Waals surface area contributed by atoms with Crippen molar-refractivity contribution in [2.24, 2.45) is 0 Å². The largest absolute Gasteiger partial charge is 0.462 e. The Hall–Kier alpha value is -2.18. The van der Waals surface area contributed by atoms with E-state index in [9.17, 15) is 4.79 Å². The molecule has 0 bridgehead atoms. The van der Waals surface area contributed by atoms with E-state index in [1.807, 2.05) is 55.5 Å². The topological polar surface area (TPSA) is 51.2 Å². The molecule has 6 heteroatoms. The Bertz CT molecular complexity index is 894. The molecule has 128 valence electrons. The Labute approximate surface area is 159 Å². The molecule has 0 unspecified atom stereocenters. The molecular formula is C19H17BrN2O2S. The van der Waals surface area contributed by atoms with E-state index >= 15 is 0 Å². The van der Waals surface area contributed by atoms with Crippen molar-refractivity contribution >= 4 is 44.1 Å². The molecule has 0 radical (unpaired) electrons. The van der Waals surface area contributed by atoms with Gasteiger partial charge in [-0.1, -0.05) is 57.6 Å². The Morgan fingerprint density at radius 1 is 1.24 bits per heavy atom. The summed E-state index contributed by atoms with van der Waals surface area (Å²) in [7, 11) is 0. The number of carbonyl (C=O) groups excluding carboxylic acids is 1. The third-order valence-corrected chi connectivity index (χ3v) is 5.01. The van der Waals surface area contributed by atoms with Crippen LogP contribution < -0.4 is 5.32 Å². The van der Waals surface area contributed by atoms with E-state index in [2.05, 4.69) is 26.2 Å². The minimum atomic E-state index is -0.348. The molecule has 0 saturated carbocycles. The summed E-state index contributed by atoms with van der Waals surface area (Å²) in [6.45, 7) is 4.15. The van der Waals surface area contributed by atoms with Crippen LogP contribution >= 0.6 is 27.3 Å². The van der Waals surface area contributed by atoms with Crippen LogP contribution in [0.2, 0.25) is 0 Å². The van der Waals surface area contributed by atoms with Gasteiger partial charge in [0.15, 0.2) is 5.13 Å². The zero-order valence-electron chi connectivity index (χ0n) is 13.9. The molecule has 4 nitrogen and oxygen atoms in total. The van der Waals surface area contributed by atoms with Crippen LogP contribution in [-0.4, -0.2) is 17.6 Å². The first-order valence-corrected chi connectivity index (χ1v) is 9.46. The summed E-state index contributed by atoms with van der Waals surface area (Å²) in [4.78, 5) is 17.5. The first-order valence-electron chi connectivity index (χ1n) is 7.85. The van der Waals surface area contributed by atoms with Gasteiger partial charge in [0.25, 0.3) is 0 Å². The quantitative estimate of drug-likeness (QED) is 0.533. The number of nitrogens with one attached hydrogen (secondary N) is 1.